The molecule has 1 heterocycles. The number of aryl methyl sites for hydroxylation is 2. The molecule has 0 saturated carbocycles. The molecule has 0 radical (unpaired) electrons. The molecule has 118 valence electrons. The first-order chi connectivity index (χ1) is 10.8. The Morgan fingerprint density at radius 1 is 1.27 bits per heavy atom. The van der Waals surface area contributed by atoms with Crippen LogP contribution in [0.3, 0.4) is 0 Å². The molecular weight excluding hydrogens is 294 g/mol. The lowest BCUT2D eigenvalue weighted by Gasteiger charge is -2.19. The third kappa shape index (κ3) is 3.65. The van der Waals surface area contributed by atoms with Crippen LogP contribution in [-0.2, 0) is 24.0 Å². The van der Waals surface area contributed by atoms with Crippen LogP contribution in [0.1, 0.15) is 48.3 Å². The molecule has 0 bridgehead atoms. The van der Waals surface area contributed by atoms with E-state index in [0.717, 1.165) is 17.4 Å². The van der Waals surface area contributed by atoms with Gasteiger partial charge in [-0.3, -0.25) is 0 Å². The van der Waals surface area contributed by atoms with Crippen molar-refractivity contribution < 1.29 is 4.74 Å². The van der Waals surface area contributed by atoms with Crippen LogP contribution in [0.4, 0.5) is 5.13 Å². The van der Waals surface area contributed by atoms with Crippen LogP contribution in [-0.4, -0.2) is 23.1 Å². The minimum absolute atomic E-state index is 0.246. The largest absolute Gasteiger partial charge is 0.384 e. The number of aromatic nitrogens is 2. The highest BCUT2D eigenvalue weighted by atomic mass is 32.1. The highest BCUT2D eigenvalue weighted by Gasteiger charge is 2.13. The molecule has 1 aliphatic rings. The molecule has 0 saturated heterocycles. The molecule has 4 nitrogen and oxygen atoms in total. The molecule has 3 rings (SSSR count). The second-order valence-electron chi connectivity index (χ2n) is 5.86. The van der Waals surface area contributed by atoms with Gasteiger partial charge in [0.15, 0.2) is 0 Å². The number of hydrogen-bond donors (Lipinski definition) is 1. The van der Waals surface area contributed by atoms with Crippen LogP contribution in [0.25, 0.3) is 0 Å². The SMILES string of the molecule is COCCc1nsc(NC(C)c2ccc3c(c2)CCCC3)n1. The molecule has 2 aromatic rings. The second-order valence-corrected chi connectivity index (χ2v) is 6.61. The van der Waals surface area contributed by atoms with E-state index in [0.29, 0.717) is 6.61 Å². The van der Waals surface area contributed by atoms with Gasteiger partial charge in [0.2, 0.25) is 5.13 Å². The Morgan fingerprint density at radius 2 is 2.09 bits per heavy atom. The highest BCUT2D eigenvalue weighted by Crippen LogP contribution is 2.26. The zero-order valence-corrected chi connectivity index (χ0v) is 14.1. The van der Waals surface area contributed by atoms with Gasteiger partial charge < -0.3 is 10.1 Å². The number of methoxy groups -OCH3 is 1. The summed E-state index contributed by atoms with van der Waals surface area (Å²) < 4.78 is 9.42. The summed E-state index contributed by atoms with van der Waals surface area (Å²) in [4.78, 5) is 4.52. The Labute approximate surface area is 136 Å². The summed E-state index contributed by atoms with van der Waals surface area (Å²) in [6, 6.07) is 7.15. The number of hydrogen-bond acceptors (Lipinski definition) is 5. The number of fused-ring (bicyclic) bond motifs is 1. The average molecular weight is 317 g/mol. The van der Waals surface area contributed by atoms with E-state index >= 15 is 0 Å². The van der Waals surface area contributed by atoms with Crippen LogP contribution < -0.4 is 5.32 Å². The topological polar surface area (TPSA) is 47.0 Å². The van der Waals surface area contributed by atoms with Crippen molar-refractivity contribution in [1.29, 1.82) is 0 Å². The maximum atomic E-state index is 5.06. The predicted molar refractivity (Wildman–Crippen MR) is 90.6 cm³/mol. The van der Waals surface area contributed by atoms with Crippen LogP contribution in [0.5, 0.6) is 0 Å². The molecule has 0 aliphatic heterocycles. The molecule has 1 atom stereocenters. The Morgan fingerprint density at radius 3 is 2.91 bits per heavy atom. The van der Waals surface area contributed by atoms with Crippen molar-refractivity contribution in [2.24, 2.45) is 0 Å². The summed E-state index contributed by atoms with van der Waals surface area (Å²) in [5.41, 5.74) is 4.38. The predicted octanol–water partition coefficient (Wildman–Crippen LogP) is 3.78. The van der Waals surface area contributed by atoms with Gasteiger partial charge in [-0.2, -0.15) is 4.37 Å². The summed E-state index contributed by atoms with van der Waals surface area (Å²) in [5.74, 6) is 0.854. The van der Waals surface area contributed by atoms with Crippen molar-refractivity contribution in [3.63, 3.8) is 0 Å². The lowest BCUT2D eigenvalue weighted by Crippen LogP contribution is -2.09. The van der Waals surface area contributed by atoms with E-state index in [1.54, 1.807) is 7.11 Å². The highest BCUT2D eigenvalue weighted by molar-refractivity contribution is 7.09. The summed E-state index contributed by atoms with van der Waals surface area (Å²) in [6.45, 7) is 2.84. The number of benzene rings is 1. The number of nitrogens with one attached hydrogen (secondary N) is 1. The normalized spacial score (nSPS) is 15.4. The van der Waals surface area contributed by atoms with Gasteiger partial charge in [0.25, 0.3) is 0 Å². The Hall–Kier alpha value is -1.46. The number of ether oxygens (including phenoxy) is 1. The molecule has 1 aromatic heterocycles. The van der Waals surface area contributed by atoms with Crippen LogP contribution in [0.2, 0.25) is 0 Å². The Kier molecular flexibility index (Phi) is 5.05. The zero-order valence-electron chi connectivity index (χ0n) is 13.3. The summed E-state index contributed by atoms with van der Waals surface area (Å²) in [5, 5.41) is 4.35. The minimum Gasteiger partial charge on any atom is -0.384 e. The Balaban J connectivity index is 1.66. The first kappa shape index (κ1) is 15.4. The van der Waals surface area contributed by atoms with E-state index < -0.39 is 0 Å². The monoisotopic (exact) mass is 317 g/mol. The zero-order chi connectivity index (χ0) is 15.4. The number of rotatable bonds is 6. The van der Waals surface area contributed by atoms with Gasteiger partial charge in [-0.05, 0) is 49.3 Å². The number of anilines is 1. The fourth-order valence-electron chi connectivity index (χ4n) is 2.90. The Bertz CT molecular complexity index is 626. The maximum Gasteiger partial charge on any atom is 0.203 e. The van der Waals surface area contributed by atoms with E-state index in [1.807, 2.05) is 0 Å². The van der Waals surface area contributed by atoms with Crippen molar-refractivity contribution in [1.82, 2.24) is 9.36 Å². The van der Waals surface area contributed by atoms with E-state index in [-0.39, 0.29) is 6.04 Å². The molecule has 1 unspecified atom stereocenters. The second kappa shape index (κ2) is 7.20. The van der Waals surface area contributed by atoms with Crippen molar-refractivity contribution in [2.75, 3.05) is 19.0 Å². The molecule has 1 aromatic carbocycles. The molecule has 1 aliphatic carbocycles. The summed E-state index contributed by atoms with van der Waals surface area (Å²) >= 11 is 1.42. The van der Waals surface area contributed by atoms with Gasteiger partial charge in [0, 0.05) is 25.1 Å². The van der Waals surface area contributed by atoms with E-state index in [9.17, 15) is 0 Å². The van der Waals surface area contributed by atoms with Gasteiger partial charge >= 0.3 is 0 Å². The first-order valence-electron chi connectivity index (χ1n) is 7.96. The van der Waals surface area contributed by atoms with Gasteiger partial charge in [-0.1, -0.05) is 18.2 Å². The molecule has 0 fully saturated rings. The first-order valence-corrected chi connectivity index (χ1v) is 8.73. The van der Waals surface area contributed by atoms with Crippen LogP contribution in [0.15, 0.2) is 18.2 Å². The summed E-state index contributed by atoms with van der Waals surface area (Å²) in [6.07, 6.45) is 5.86. The fourth-order valence-corrected chi connectivity index (χ4v) is 3.60. The van der Waals surface area contributed by atoms with Gasteiger partial charge in [-0.25, -0.2) is 4.98 Å². The summed E-state index contributed by atoms with van der Waals surface area (Å²) in [7, 11) is 1.70. The third-order valence-electron chi connectivity index (χ3n) is 4.21. The van der Waals surface area contributed by atoms with Gasteiger partial charge in [-0.15, -0.1) is 0 Å². The molecule has 5 heteroatoms. The van der Waals surface area contributed by atoms with Gasteiger partial charge in [0.05, 0.1) is 12.6 Å². The van der Waals surface area contributed by atoms with Crippen molar-refractivity contribution in [3.05, 3.63) is 40.7 Å². The standard InChI is InChI=1S/C17H23N3OS/c1-12(18-17-19-16(20-22-17)9-10-21-2)14-8-7-13-5-3-4-6-15(13)11-14/h7-8,11-12H,3-6,9-10H2,1-2H3,(H,18,19,20). The molecule has 0 spiro atoms. The van der Waals surface area contributed by atoms with Crippen molar-refractivity contribution >= 4 is 16.7 Å². The average Bonchev–Trinajstić information content (AvgIpc) is 2.99. The van der Waals surface area contributed by atoms with Crippen molar-refractivity contribution in [2.45, 2.75) is 45.1 Å². The molecular formula is C17H23N3OS. The number of nitrogens with zero attached hydrogens (tertiary/aromatic N) is 2. The lowest BCUT2D eigenvalue weighted by molar-refractivity contribution is 0.201. The maximum absolute atomic E-state index is 5.06. The van der Waals surface area contributed by atoms with E-state index in [4.69, 9.17) is 4.74 Å². The fraction of sp³-hybridized carbons (Fsp3) is 0.529. The van der Waals surface area contributed by atoms with Crippen LogP contribution in [0, 0.1) is 0 Å². The molecule has 0 amide bonds. The van der Waals surface area contributed by atoms with E-state index in [1.165, 1.54) is 53.9 Å². The van der Waals surface area contributed by atoms with Crippen LogP contribution >= 0.6 is 11.5 Å². The van der Waals surface area contributed by atoms with Gasteiger partial charge in [0.1, 0.15) is 5.82 Å². The molecule has 22 heavy (non-hydrogen) atoms. The smallest absolute Gasteiger partial charge is 0.203 e. The van der Waals surface area contributed by atoms with E-state index in [2.05, 4.69) is 39.8 Å². The lowest BCUT2D eigenvalue weighted by atomic mass is 9.89. The minimum atomic E-state index is 0.246. The quantitative estimate of drug-likeness (QED) is 0.881. The molecule has 1 N–H and O–H groups in total. The third-order valence-corrected chi connectivity index (χ3v) is 4.89. The van der Waals surface area contributed by atoms with Crippen molar-refractivity contribution in [3.8, 4) is 0 Å².